The summed E-state index contributed by atoms with van der Waals surface area (Å²) in [5.74, 6) is -0.387. The molecule has 0 spiro atoms. The molecule has 2 aromatic heterocycles. The highest BCUT2D eigenvalue weighted by molar-refractivity contribution is 5.94. The van der Waals surface area contributed by atoms with Crippen molar-refractivity contribution in [1.82, 2.24) is 20.1 Å². The molecule has 1 atom stereocenters. The number of carbonyl (C=O) groups is 1. The van der Waals surface area contributed by atoms with Gasteiger partial charge in [0, 0.05) is 24.0 Å². The predicted octanol–water partition coefficient (Wildman–Crippen LogP) is 1.22. The fourth-order valence-electron chi connectivity index (χ4n) is 2.04. The van der Waals surface area contributed by atoms with Gasteiger partial charge in [-0.25, -0.2) is 0 Å². The molecule has 6 heteroatoms. The minimum Gasteiger partial charge on any atom is -0.345 e. The van der Waals surface area contributed by atoms with E-state index in [9.17, 15) is 9.59 Å². The second-order valence-electron chi connectivity index (χ2n) is 4.89. The van der Waals surface area contributed by atoms with Crippen molar-refractivity contribution in [3.05, 3.63) is 51.2 Å². The minimum atomic E-state index is -0.387. The van der Waals surface area contributed by atoms with Crippen molar-refractivity contribution in [2.45, 2.75) is 26.8 Å². The smallest absolute Gasteiger partial charge is 0.260 e. The third-order valence-corrected chi connectivity index (χ3v) is 3.39. The molecule has 2 rings (SSSR count). The molecular weight excluding hydrogens is 256 g/mol. The van der Waals surface area contributed by atoms with Crippen LogP contribution in [0.4, 0.5) is 0 Å². The summed E-state index contributed by atoms with van der Waals surface area (Å²) in [4.78, 5) is 26.5. The lowest BCUT2D eigenvalue weighted by Gasteiger charge is -2.13. The van der Waals surface area contributed by atoms with Crippen LogP contribution in [-0.2, 0) is 7.05 Å². The van der Waals surface area contributed by atoms with Crippen molar-refractivity contribution in [3.63, 3.8) is 0 Å². The Hall–Kier alpha value is -2.37. The lowest BCUT2D eigenvalue weighted by Crippen LogP contribution is -2.31. The summed E-state index contributed by atoms with van der Waals surface area (Å²) < 4.78 is 1.75. The zero-order valence-electron chi connectivity index (χ0n) is 12.0. The van der Waals surface area contributed by atoms with E-state index in [1.54, 1.807) is 23.9 Å². The quantitative estimate of drug-likeness (QED) is 0.883. The maximum absolute atomic E-state index is 12.1. The first-order valence-corrected chi connectivity index (χ1v) is 6.39. The van der Waals surface area contributed by atoms with Crippen LogP contribution in [0.1, 0.15) is 40.3 Å². The third-order valence-electron chi connectivity index (χ3n) is 3.39. The fraction of sp³-hybridized carbons (Fsp3) is 0.357. The summed E-state index contributed by atoms with van der Waals surface area (Å²) in [6, 6.07) is 3.03. The van der Waals surface area contributed by atoms with Crippen LogP contribution in [-0.4, -0.2) is 20.7 Å². The van der Waals surface area contributed by atoms with Crippen LogP contribution in [0.3, 0.4) is 0 Å². The van der Waals surface area contributed by atoms with Crippen molar-refractivity contribution < 1.29 is 4.79 Å². The van der Waals surface area contributed by atoms with Gasteiger partial charge in [-0.15, -0.1) is 0 Å². The Morgan fingerprint density at radius 2 is 2.10 bits per heavy atom. The highest BCUT2D eigenvalue weighted by Gasteiger charge is 2.17. The van der Waals surface area contributed by atoms with Gasteiger partial charge in [0.25, 0.3) is 11.5 Å². The summed E-state index contributed by atoms with van der Waals surface area (Å²) >= 11 is 0. The van der Waals surface area contributed by atoms with Crippen LogP contribution in [0, 0.1) is 13.8 Å². The van der Waals surface area contributed by atoms with E-state index in [2.05, 4.69) is 15.4 Å². The maximum atomic E-state index is 12.1. The number of hydrogen-bond acceptors (Lipinski definition) is 3. The molecule has 20 heavy (non-hydrogen) atoms. The SMILES string of the molecule is Cc1ccc(C(=O)N[C@@H](C)c2cnn(C)c2C)c(=O)[nH]1. The molecule has 6 nitrogen and oxygen atoms in total. The Bertz CT molecular complexity index is 699. The fourth-order valence-corrected chi connectivity index (χ4v) is 2.04. The van der Waals surface area contributed by atoms with Crippen LogP contribution < -0.4 is 10.9 Å². The molecule has 0 bridgehead atoms. The monoisotopic (exact) mass is 274 g/mol. The molecule has 0 saturated heterocycles. The van der Waals surface area contributed by atoms with E-state index in [1.165, 1.54) is 6.07 Å². The molecule has 0 aliphatic rings. The average molecular weight is 274 g/mol. The number of aromatic amines is 1. The molecule has 0 unspecified atom stereocenters. The molecule has 0 radical (unpaired) electrons. The van der Waals surface area contributed by atoms with E-state index in [0.717, 1.165) is 17.0 Å². The first kappa shape index (κ1) is 14.0. The highest BCUT2D eigenvalue weighted by Crippen LogP contribution is 2.16. The number of nitrogens with zero attached hydrogens (tertiary/aromatic N) is 2. The van der Waals surface area contributed by atoms with Crippen molar-refractivity contribution in [3.8, 4) is 0 Å². The van der Waals surface area contributed by atoms with Gasteiger partial charge in [-0.3, -0.25) is 14.3 Å². The number of rotatable bonds is 3. The molecule has 0 aliphatic carbocycles. The Balaban J connectivity index is 2.19. The number of amides is 1. The zero-order chi connectivity index (χ0) is 14.9. The minimum absolute atomic E-state index is 0.115. The second-order valence-corrected chi connectivity index (χ2v) is 4.89. The van der Waals surface area contributed by atoms with Crippen LogP contribution in [0.25, 0.3) is 0 Å². The largest absolute Gasteiger partial charge is 0.345 e. The number of nitrogens with one attached hydrogen (secondary N) is 2. The second kappa shape index (κ2) is 5.32. The Morgan fingerprint density at radius 1 is 1.40 bits per heavy atom. The summed E-state index contributed by atoms with van der Waals surface area (Å²) in [6.45, 7) is 5.57. The van der Waals surface area contributed by atoms with Crippen LogP contribution >= 0.6 is 0 Å². The average Bonchev–Trinajstić information content (AvgIpc) is 2.69. The van der Waals surface area contributed by atoms with E-state index < -0.39 is 0 Å². The van der Waals surface area contributed by atoms with Gasteiger partial charge in [-0.2, -0.15) is 5.10 Å². The van der Waals surface area contributed by atoms with Crippen molar-refractivity contribution in [2.24, 2.45) is 7.05 Å². The van der Waals surface area contributed by atoms with E-state index in [-0.39, 0.29) is 23.1 Å². The Labute approximate surface area is 116 Å². The van der Waals surface area contributed by atoms with E-state index in [1.807, 2.05) is 20.9 Å². The highest BCUT2D eigenvalue weighted by atomic mass is 16.2. The van der Waals surface area contributed by atoms with Crippen LogP contribution in [0.2, 0.25) is 0 Å². The molecule has 0 aromatic carbocycles. The lowest BCUT2D eigenvalue weighted by atomic mass is 10.1. The topological polar surface area (TPSA) is 79.8 Å². The Kier molecular flexibility index (Phi) is 3.74. The first-order valence-electron chi connectivity index (χ1n) is 6.39. The van der Waals surface area contributed by atoms with Crippen molar-refractivity contribution in [1.29, 1.82) is 0 Å². The molecule has 2 aromatic rings. The number of pyridine rings is 1. The summed E-state index contributed by atoms with van der Waals surface area (Å²) in [6.07, 6.45) is 1.72. The van der Waals surface area contributed by atoms with Gasteiger partial charge in [0.05, 0.1) is 12.2 Å². The number of hydrogen-bond donors (Lipinski definition) is 2. The van der Waals surface area contributed by atoms with Gasteiger partial charge in [0.15, 0.2) is 0 Å². The lowest BCUT2D eigenvalue weighted by molar-refractivity contribution is 0.0938. The number of aromatic nitrogens is 3. The Morgan fingerprint density at radius 3 is 2.65 bits per heavy atom. The van der Waals surface area contributed by atoms with Gasteiger partial charge >= 0.3 is 0 Å². The molecule has 0 aliphatic heterocycles. The zero-order valence-corrected chi connectivity index (χ0v) is 12.0. The summed E-state index contributed by atoms with van der Waals surface area (Å²) in [5.41, 5.74) is 2.38. The standard InChI is InChI=1S/C14H18N4O2/c1-8-5-6-11(13(19)16-8)14(20)17-9(2)12-7-15-18(4)10(12)3/h5-7,9H,1-4H3,(H,16,19)(H,17,20)/t9-/m0/s1. The molecule has 0 fully saturated rings. The first-order chi connectivity index (χ1) is 9.40. The van der Waals surface area contributed by atoms with E-state index >= 15 is 0 Å². The molecular formula is C14H18N4O2. The molecule has 2 heterocycles. The summed E-state index contributed by atoms with van der Waals surface area (Å²) in [7, 11) is 1.85. The molecule has 0 saturated carbocycles. The van der Waals surface area contributed by atoms with Gasteiger partial charge in [-0.05, 0) is 32.9 Å². The van der Waals surface area contributed by atoms with Crippen LogP contribution in [0.5, 0.6) is 0 Å². The maximum Gasteiger partial charge on any atom is 0.260 e. The molecule has 106 valence electrons. The normalized spacial score (nSPS) is 12.2. The number of H-pyrrole nitrogens is 1. The van der Waals surface area contributed by atoms with Crippen LogP contribution in [0.15, 0.2) is 23.1 Å². The van der Waals surface area contributed by atoms with Gasteiger partial charge in [0.1, 0.15) is 5.56 Å². The van der Waals surface area contributed by atoms with Gasteiger partial charge in [0.2, 0.25) is 0 Å². The van der Waals surface area contributed by atoms with E-state index in [0.29, 0.717) is 0 Å². The van der Waals surface area contributed by atoms with Gasteiger partial charge in [-0.1, -0.05) is 0 Å². The van der Waals surface area contributed by atoms with Crippen molar-refractivity contribution >= 4 is 5.91 Å². The predicted molar refractivity (Wildman–Crippen MR) is 75.6 cm³/mol. The van der Waals surface area contributed by atoms with E-state index in [4.69, 9.17) is 0 Å². The van der Waals surface area contributed by atoms with Gasteiger partial charge < -0.3 is 10.3 Å². The number of aryl methyl sites for hydroxylation is 2. The van der Waals surface area contributed by atoms with Crippen molar-refractivity contribution in [2.75, 3.05) is 0 Å². The third kappa shape index (κ3) is 2.64. The summed E-state index contributed by atoms with van der Waals surface area (Å²) in [5, 5.41) is 6.96. The molecule has 1 amide bonds. The molecule has 2 N–H and O–H groups in total. The number of carbonyl (C=O) groups excluding carboxylic acids is 1.